The van der Waals surface area contributed by atoms with Crippen molar-refractivity contribution in [2.75, 3.05) is 13.1 Å². The van der Waals surface area contributed by atoms with E-state index in [1.807, 2.05) is 25.1 Å². The van der Waals surface area contributed by atoms with Crippen molar-refractivity contribution < 1.29 is 18.7 Å². The molecule has 1 aromatic carbocycles. The third kappa shape index (κ3) is 3.36. The number of benzene rings is 1. The van der Waals surface area contributed by atoms with Gasteiger partial charge in [-0.25, -0.2) is 4.98 Å². The van der Waals surface area contributed by atoms with Crippen molar-refractivity contribution in [1.29, 1.82) is 0 Å². The van der Waals surface area contributed by atoms with Gasteiger partial charge >= 0.3 is 0 Å². The summed E-state index contributed by atoms with van der Waals surface area (Å²) in [6, 6.07) is 5.72. The molecule has 6 nitrogen and oxygen atoms in total. The lowest BCUT2D eigenvalue weighted by molar-refractivity contribution is 0.0390. The smallest absolute Gasteiger partial charge is 0.291 e. The first-order valence-corrected chi connectivity index (χ1v) is 9.46. The number of aromatic nitrogens is 1. The summed E-state index contributed by atoms with van der Waals surface area (Å²) in [4.78, 5) is 31.4. The van der Waals surface area contributed by atoms with Crippen LogP contribution in [0.25, 0.3) is 0 Å². The molecule has 2 atom stereocenters. The highest BCUT2D eigenvalue weighted by atomic mass is 16.5. The zero-order valence-corrected chi connectivity index (χ0v) is 15.9. The minimum atomic E-state index is -0.194. The number of carbonyl (C=O) groups is 2. The Kier molecular flexibility index (Phi) is 4.50. The number of amides is 1. The first-order chi connectivity index (χ1) is 12.9. The summed E-state index contributed by atoms with van der Waals surface area (Å²) in [5, 5.41) is 0. The Morgan fingerprint density at radius 2 is 2.07 bits per heavy atom. The Hall–Kier alpha value is -2.63. The number of aryl methyl sites for hydroxylation is 3. The Morgan fingerprint density at radius 1 is 1.26 bits per heavy atom. The molecule has 3 heterocycles. The van der Waals surface area contributed by atoms with Crippen LogP contribution in [0.1, 0.15) is 57.3 Å². The molecule has 0 N–H and O–H groups in total. The molecule has 6 heteroatoms. The molecule has 1 fully saturated rings. The van der Waals surface area contributed by atoms with E-state index in [4.69, 9.17) is 9.15 Å². The topological polar surface area (TPSA) is 72.6 Å². The van der Waals surface area contributed by atoms with Crippen LogP contribution in [-0.4, -0.2) is 40.8 Å². The van der Waals surface area contributed by atoms with Crippen molar-refractivity contribution in [2.24, 2.45) is 5.92 Å². The number of carbonyl (C=O) groups excluding carboxylic acids is 2. The maximum absolute atomic E-state index is 12.8. The van der Waals surface area contributed by atoms with E-state index in [1.165, 1.54) is 0 Å². The number of piperidine rings is 1. The normalized spacial score (nSPS) is 22.3. The van der Waals surface area contributed by atoms with Crippen molar-refractivity contribution in [2.45, 2.75) is 46.1 Å². The van der Waals surface area contributed by atoms with Gasteiger partial charge in [0.2, 0.25) is 5.76 Å². The molecule has 2 aliphatic heterocycles. The molecular formula is C21H24N2O4. The fraction of sp³-hybridized carbons (Fsp3) is 0.476. The lowest BCUT2D eigenvalue weighted by atomic mass is 9.86. The average Bonchev–Trinajstić information content (AvgIpc) is 3.00. The van der Waals surface area contributed by atoms with Crippen molar-refractivity contribution in [3.8, 4) is 5.75 Å². The van der Waals surface area contributed by atoms with Gasteiger partial charge in [-0.15, -0.1) is 0 Å². The minimum Gasteiger partial charge on any atom is -0.489 e. The number of fused-ring (bicyclic) bond motifs is 1. The van der Waals surface area contributed by atoms with E-state index in [0.29, 0.717) is 48.2 Å². The van der Waals surface area contributed by atoms with Crippen LogP contribution in [0.4, 0.5) is 0 Å². The highest BCUT2D eigenvalue weighted by molar-refractivity contribution is 6.00. The summed E-state index contributed by atoms with van der Waals surface area (Å²) in [5.74, 6) is 1.59. The molecule has 0 radical (unpaired) electrons. The molecule has 142 valence electrons. The maximum atomic E-state index is 12.8. The number of oxazole rings is 1. The van der Waals surface area contributed by atoms with E-state index in [0.717, 1.165) is 18.4 Å². The molecule has 0 saturated carbocycles. The van der Waals surface area contributed by atoms with E-state index in [1.54, 1.807) is 18.7 Å². The number of ketones is 1. The first-order valence-electron chi connectivity index (χ1n) is 9.46. The van der Waals surface area contributed by atoms with Crippen LogP contribution in [0.3, 0.4) is 0 Å². The average molecular weight is 368 g/mol. The molecule has 2 aromatic rings. The number of nitrogens with zero attached hydrogens (tertiary/aromatic N) is 2. The molecule has 1 amide bonds. The van der Waals surface area contributed by atoms with Crippen LogP contribution in [0.15, 0.2) is 22.6 Å². The van der Waals surface area contributed by atoms with Gasteiger partial charge in [0.05, 0.1) is 11.3 Å². The van der Waals surface area contributed by atoms with E-state index < -0.39 is 0 Å². The second-order valence-electron chi connectivity index (χ2n) is 7.58. The molecule has 2 aliphatic rings. The van der Waals surface area contributed by atoms with Crippen LogP contribution < -0.4 is 4.74 Å². The predicted octanol–water partition coefficient (Wildman–Crippen LogP) is 3.49. The predicted molar refractivity (Wildman–Crippen MR) is 99.1 cm³/mol. The number of hydrogen-bond acceptors (Lipinski definition) is 5. The number of Topliss-reactive ketones (excluding diaryl/α,β-unsaturated/α-hetero) is 1. The Labute approximate surface area is 158 Å². The molecule has 0 spiro atoms. The van der Waals surface area contributed by atoms with Gasteiger partial charge in [-0.2, -0.15) is 0 Å². The second kappa shape index (κ2) is 6.83. The monoisotopic (exact) mass is 368 g/mol. The van der Waals surface area contributed by atoms with Gasteiger partial charge in [0.15, 0.2) is 11.7 Å². The minimum absolute atomic E-state index is 0.120. The third-order valence-electron chi connectivity index (χ3n) is 5.47. The van der Waals surface area contributed by atoms with E-state index in [9.17, 15) is 9.59 Å². The standard InChI is InChI=1S/C21H24N2O4/c1-12-6-7-18-16(9-12)17(24)10-19(27-18)15-5-4-8-23(11-15)21(25)20-13(2)22-14(3)26-20/h6-7,9,15,19H,4-5,8,10-11H2,1-3H3/t15-,19-/m1/s1. The number of ether oxygens (including phenoxy) is 1. The summed E-state index contributed by atoms with van der Waals surface area (Å²) in [6.07, 6.45) is 2.00. The van der Waals surface area contributed by atoms with Gasteiger partial charge in [0, 0.05) is 32.4 Å². The molecule has 1 aromatic heterocycles. The van der Waals surface area contributed by atoms with Crippen molar-refractivity contribution >= 4 is 11.7 Å². The number of hydrogen-bond donors (Lipinski definition) is 0. The largest absolute Gasteiger partial charge is 0.489 e. The summed E-state index contributed by atoms with van der Waals surface area (Å²) in [5.41, 5.74) is 2.34. The van der Waals surface area contributed by atoms with Gasteiger partial charge in [0.25, 0.3) is 5.91 Å². The molecule has 1 saturated heterocycles. The lowest BCUT2D eigenvalue weighted by Crippen LogP contribution is -2.46. The Morgan fingerprint density at radius 3 is 2.81 bits per heavy atom. The summed E-state index contributed by atoms with van der Waals surface area (Å²) in [6.45, 7) is 6.75. The van der Waals surface area contributed by atoms with Gasteiger partial charge in [0.1, 0.15) is 11.9 Å². The fourth-order valence-electron chi connectivity index (χ4n) is 4.10. The van der Waals surface area contributed by atoms with Crippen LogP contribution in [0.5, 0.6) is 5.75 Å². The van der Waals surface area contributed by atoms with Crippen LogP contribution in [-0.2, 0) is 0 Å². The van der Waals surface area contributed by atoms with Crippen molar-refractivity contribution in [3.63, 3.8) is 0 Å². The van der Waals surface area contributed by atoms with E-state index in [2.05, 4.69) is 4.98 Å². The van der Waals surface area contributed by atoms with Gasteiger partial charge in [-0.05, 0) is 38.8 Å². The maximum Gasteiger partial charge on any atom is 0.291 e. The SMILES string of the molecule is Cc1ccc2c(c1)C(=O)C[C@H]([C@@H]1CCCN(C(=O)c3oc(C)nc3C)C1)O2. The molecule has 0 aliphatic carbocycles. The third-order valence-corrected chi connectivity index (χ3v) is 5.47. The van der Waals surface area contributed by atoms with Crippen LogP contribution >= 0.6 is 0 Å². The van der Waals surface area contributed by atoms with Gasteiger partial charge in [-0.1, -0.05) is 11.6 Å². The molecule has 0 bridgehead atoms. The van der Waals surface area contributed by atoms with E-state index >= 15 is 0 Å². The lowest BCUT2D eigenvalue weighted by Gasteiger charge is -2.38. The first kappa shape index (κ1) is 17.8. The second-order valence-corrected chi connectivity index (χ2v) is 7.58. The highest BCUT2D eigenvalue weighted by Crippen LogP contribution is 2.34. The molecular weight excluding hydrogens is 344 g/mol. The number of rotatable bonds is 2. The fourth-order valence-corrected chi connectivity index (χ4v) is 4.10. The van der Waals surface area contributed by atoms with Gasteiger partial charge in [-0.3, -0.25) is 9.59 Å². The zero-order valence-electron chi connectivity index (χ0n) is 15.9. The van der Waals surface area contributed by atoms with E-state index in [-0.39, 0.29) is 23.7 Å². The number of likely N-dealkylation sites (tertiary alicyclic amines) is 1. The summed E-state index contributed by atoms with van der Waals surface area (Å²) < 4.78 is 11.7. The quantitative estimate of drug-likeness (QED) is 0.811. The Bertz CT molecular complexity index is 902. The highest BCUT2D eigenvalue weighted by Gasteiger charge is 2.37. The zero-order chi connectivity index (χ0) is 19.1. The molecule has 0 unspecified atom stereocenters. The molecule has 4 rings (SSSR count). The summed E-state index contributed by atoms with van der Waals surface area (Å²) in [7, 11) is 0. The van der Waals surface area contributed by atoms with Crippen molar-refractivity contribution in [3.05, 3.63) is 46.7 Å². The van der Waals surface area contributed by atoms with Gasteiger partial charge < -0.3 is 14.1 Å². The van der Waals surface area contributed by atoms with Crippen molar-refractivity contribution in [1.82, 2.24) is 9.88 Å². The van der Waals surface area contributed by atoms with Crippen LogP contribution in [0.2, 0.25) is 0 Å². The molecule has 27 heavy (non-hydrogen) atoms. The summed E-state index contributed by atoms with van der Waals surface area (Å²) >= 11 is 0. The van der Waals surface area contributed by atoms with Crippen LogP contribution in [0, 0.1) is 26.7 Å². The Balaban J connectivity index is 1.50.